The lowest BCUT2D eigenvalue weighted by atomic mass is 10.4. The Labute approximate surface area is 118 Å². The molecule has 0 aliphatic carbocycles. The smallest absolute Gasteiger partial charge is 0.271 e. The molecule has 0 bridgehead atoms. The highest BCUT2D eigenvalue weighted by atomic mass is 32.1. The van der Waals surface area contributed by atoms with E-state index in [4.69, 9.17) is 0 Å². The number of H-pyrrole nitrogens is 1. The molecular formula is C11H12N6O2S. The van der Waals surface area contributed by atoms with Crippen LogP contribution in [0.15, 0.2) is 22.3 Å². The predicted molar refractivity (Wildman–Crippen MR) is 73.5 cm³/mol. The van der Waals surface area contributed by atoms with E-state index in [0.29, 0.717) is 11.4 Å². The van der Waals surface area contributed by atoms with Crippen molar-refractivity contribution >= 4 is 29.4 Å². The maximum atomic E-state index is 11.5. The Hall–Kier alpha value is -2.55. The van der Waals surface area contributed by atoms with Gasteiger partial charge in [-0.25, -0.2) is 15.4 Å². The van der Waals surface area contributed by atoms with Gasteiger partial charge >= 0.3 is 0 Å². The molecule has 104 valence electrons. The summed E-state index contributed by atoms with van der Waals surface area (Å²) in [4.78, 5) is 33.7. The topological polar surface area (TPSA) is 112 Å². The molecule has 2 aromatic rings. The van der Waals surface area contributed by atoms with Gasteiger partial charge in [0.25, 0.3) is 11.8 Å². The van der Waals surface area contributed by atoms with Crippen LogP contribution in [0.1, 0.15) is 21.9 Å². The van der Waals surface area contributed by atoms with Crippen LogP contribution in [0, 0.1) is 6.92 Å². The van der Waals surface area contributed by atoms with Crippen LogP contribution in [0.2, 0.25) is 0 Å². The summed E-state index contributed by atoms with van der Waals surface area (Å²) in [7, 11) is 0. The van der Waals surface area contributed by atoms with Crippen molar-refractivity contribution in [2.45, 2.75) is 6.92 Å². The summed E-state index contributed by atoms with van der Waals surface area (Å²) < 4.78 is 0. The Morgan fingerprint density at radius 2 is 2.35 bits per heavy atom. The lowest BCUT2D eigenvalue weighted by Crippen LogP contribution is -2.35. The van der Waals surface area contributed by atoms with Crippen LogP contribution >= 0.6 is 11.3 Å². The van der Waals surface area contributed by atoms with Crippen molar-refractivity contribution in [1.82, 2.24) is 25.7 Å². The Morgan fingerprint density at radius 3 is 3.00 bits per heavy atom. The number of aryl methyl sites for hydroxylation is 1. The quantitative estimate of drug-likeness (QED) is 0.534. The minimum atomic E-state index is -0.432. The molecule has 0 saturated heterocycles. The summed E-state index contributed by atoms with van der Waals surface area (Å²) in [5.41, 5.74) is 5.61. The Morgan fingerprint density at radius 1 is 1.50 bits per heavy atom. The van der Waals surface area contributed by atoms with Gasteiger partial charge < -0.3 is 10.3 Å². The van der Waals surface area contributed by atoms with Gasteiger partial charge in [0.05, 0.1) is 24.6 Å². The fraction of sp³-hybridized carbons (Fsp3) is 0.182. The number of nitrogens with zero attached hydrogens (tertiary/aromatic N) is 3. The lowest BCUT2D eigenvalue weighted by molar-refractivity contribution is -0.120. The number of rotatable bonds is 5. The maximum Gasteiger partial charge on any atom is 0.271 e. The van der Waals surface area contributed by atoms with Gasteiger partial charge in [-0.1, -0.05) is 0 Å². The summed E-state index contributed by atoms with van der Waals surface area (Å²) in [5, 5.41) is 7.78. The summed E-state index contributed by atoms with van der Waals surface area (Å²) >= 11 is 1.31. The van der Waals surface area contributed by atoms with Gasteiger partial charge in [0.2, 0.25) is 0 Å². The van der Waals surface area contributed by atoms with E-state index < -0.39 is 11.8 Å². The number of hydrazone groups is 1. The van der Waals surface area contributed by atoms with Gasteiger partial charge in [0.15, 0.2) is 0 Å². The van der Waals surface area contributed by atoms with E-state index in [-0.39, 0.29) is 6.54 Å². The second-order valence-corrected chi connectivity index (χ2v) is 4.48. The number of carbonyl (C=O) groups is 2. The van der Waals surface area contributed by atoms with E-state index in [1.165, 1.54) is 23.9 Å². The van der Waals surface area contributed by atoms with Crippen molar-refractivity contribution in [3.63, 3.8) is 0 Å². The first-order valence-electron chi connectivity index (χ1n) is 5.65. The third-order valence-corrected chi connectivity index (χ3v) is 2.91. The molecule has 2 aromatic heterocycles. The molecule has 9 heteroatoms. The third kappa shape index (κ3) is 3.72. The van der Waals surface area contributed by atoms with E-state index in [1.807, 2.05) is 6.92 Å². The van der Waals surface area contributed by atoms with Crippen molar-refractivity contribution in [1.29, 1.82) is 0 Å². The molecule has 0 aliphatic heterocycles. The summed E-state index contributed by atoms with van der Waals surface area (Å²) in [6.07, 6.45) is 2.96. The molecule has 0 aromatic carbocycles. The SMILES string of the molecule is Cc1[nH]cnc1C=NNC(=O)CNC(=O)c1cscn1. The fourth-order valence-electron chi connectivity index (χ4n) is 1.28. The minimum absolute atomic E-state index is 0.173. The first kappa shape index (κ1) is 13.9. The van der Waals surface area contributed by atoms with Gasteiger partial charge in [-0.15, -0.1) is 11.3 Å². The van der Waals surface area contributed by atoms with E-state index in [1.54, 1.807) is 10.9 Å². The summed E-state index contributed by atoms with van der Waals surface area (Å²) in [6.45, 7) is 1.66. The molecule has 0 spiro atoms. The molecule has 0 radical (unpaired) electrons. The van der Waals surface area contributed by atoms with Crippen LogP contribution in [0.4, 0.5) is 0 Å². The molecule has 0 aliphatic rings. The van der Waals surface area contributed by atoms with Crippen molar-refractivity contribution in [2.75, 3.05) is 6.54 Å². The minimum Gasteiger partial charge on any atom is -0.348 e. The largest absolute Gasteiger partial charge is 0.348 e. The molecule has 20 heavy (non-hydrogen) atoms. The Balaban J connectivity index is 1.75. The molecule has 2 amide bonds. The van der Waals surface area contributed by atoms with Crippen LogP contribution in [0.5, 0.6) is 0 Å². The summed E-state index contributed by atoms with van der Waals surface area (Å²) in [5.74, 6) is -0.827. The van der Waals surface area contributed by atoms with Crippen molar-refractivity contribution in [2.24, 2.45) is 5.10 Å². The number of carbonyl (C=O) groups excluding carboxylic acids is 2. The third-order valence-electron chi connectivity index (χ3n) is 2.32. The average molecular weight is 292 g/mol. The number of hydrogen-bond acceptors (Lipinski definition) is 6. The van der Waals surface area contributed by atoms with Gasteiger partial charge in [-0.2, -0.15) is 5.10 Å². The second kappa shape index (κ2) is 6.57. The number of amides is 2. The molecule has 0 fully saturated rings. The van der Waals surface area contributed by atoms with Crippen molar-refractivity contribution in [3.8, 4) is 0 Å². The molecule has 3 N–H and O–H groups in total. The van der Waals surface area contributed by atoms with Gasteiger partial charge in [-0.05, 0) is 6.92 Å². The molecule has 2 rings (SSSR count). The molecule has 8 nitrogen and oxygen atoms in total. The second-order valence-electron chi connectivity index (χ2n) is 3.76. The zero-order chi connectivity index (χ0) is 14.4. The first-order valence-corrected chi connectivity index (χ1v) is 6.59. The monoisotopic (exact) mass is 292 g/mol. The number of hydrogen-bond donors (Lipinski definition) is 3. The predicted octanol–water partition coefficient (Wildman–Crippen LogP) is 0.0547. The van der Waals surface area contributed by atoms with Crippen molar-refractivity contribution < 1.29 is 9.59 Å². The Bertz CT molecular complexity index is 619. The molecular weight excluding hydrogens is 280 g/mol. The van der Waals surface area contributed by atoms with Crippen LogP contribution in [-0.2, 0) is 4.79 Å². The van der Waals surface area contributed by atoms with Crippen molar-refractivity contribution in [3.05, 3.63) is 34.3 Å². The first-order chi connectivity index (χ1) is 9.66. The summed E-state index contributed by atoms with van der Waals surface area (Å²) in [6, 6.07) is 0. The number of aromatic amines is 1. The standard InChI is InChI=1S/C11H12N6O2S/c1-7-8(14-5-13-7)2-16-17-10(18)3-12-11(19)9-4-20-6-15-9/h2,4-6H,3H2,1H3,(H,12,19)(H,13,14)(H,17,18). The fourth-order valence-corrected chi connectivity index (χ4v) is 1.81. The van der Waals surface area contributed by atoms with Crippen LogP contribution in [0.3, 0.4) is 0 Å². The number of imidazole rings is 1. The van der Waals surface area contributed by atoms with E-state index in [2.05, 4.69) is 30.8 Å². The van der Waals surface area contributed by atoms with Gasteiger partial charge in [0.1, 0.15) is 11.4 Å². The molecule has 2 heterocycles. The molecule has 0 atom stereocenters. The van der Waals surface area contributed by atoms with Crippen LogP contribution in [-0.4, -0.2) is 39.5 Å². The highest BCUT2D eigenvalue weighted by molar-refractivity contribution is 7.07. The number of aromatic nitrogens is 3. The maximum absolute atomic E-state index is 11.5. The average Bonchev–Trinajstić information content (AvgIpc) is 3.08. The van der Waals surface area contributed by atoms with E-state index >= 15 is 0 Å². The zero-order valence-electron chi connectivity index (χ0n) is 10.6. The van der Waals surface area contributed by atoms with Crippen LogP contribution < -0.4 is 10.7 Å². The van der Waals surface area contributed by atoms with Gasteiger partial charge in [-0.3, -0.25) is 9.59 Å². The molecule has 0 saturated carbocycles. The Kier molecular flexibility index (Phi) is 4.56. The highest BCUT2D eigenvalue weighted by Crippen LogP contribution is 1.99. The van der Waals surface area contributed by atoms with E-state index in [9.17, 15) is 9.59 Å². The number of nitrogens with one attached hydrogen (secondary N) is 3. The normalized spacial score (nSPS) is 10.7. The molecule has 0 unspecified atom stereocenters. The highest BCUT2D eigenvalue weighted by Gasteiger charge is 2.08. The zero-order valence-corrected chi connectivity index (χ0v) is 11.4. The van der Waals surface area contributed by atoms with E-state index in [0.717, 1.165) is 5.69 Å². The number of thiazole rings is 1. The lowest BCUT2D eigenvalue weighted by Gasteiger charge is -2.01. The van der Waals surface area contributed by atoms with Crippen LogP contribution in [0.25, 0.3) is 0 Å². The van der Waals surface area contributed by atoms with Gasteiger partial charge in [0, 0.05) is 11.1 Å².